The number of rotatable bonds is 4. The summed E-state index contributed by atoms with van der Waals surface area (Å²) < 4.78 is 3.50. The number of aryl methyl sites for hydroxylation is 4. The van der Waals surface area contributed by atoms with E-state index in [2.05, 4.69) is 42.2 Å². The Labute approximate surface area is 187 Å². The molecule has 0 spiro atoms. The predicted molar refractivity (Wildman–Crippen MR) is 127 cm³/mol. The van der Waals surface area contributed by atoms with Crippen LogP contribution in [0.2, 0.25) is 0 Å². The molecular weight excluding hydrogens is 410 g/mol. The largest absolute Gasteiger partial charge is 0.378 e. The molecule has 1 N–H and O–H groups in total. The lowest BCUT2D eigenvalue weighted by atomic mass is 10.0. The van der Waals surface area contributed by atoms with E-state index < -0.39 is 0 Å². The molecule has 0 saturated carbocycles. The number of benzene rings is 1. The minimum absolute atomic E-state index is 0. The number of pyridine rings is 2. The molecule has 4 aromatic rings. The van der Waals surface area contributed by atoms with Gasteiger partial charge >= 0.3 is 0 Å². The molecule has 0 fully saturated rings. The summed E-state index contributed by atoms with van der Waals surface area (Å²) in [5.41, 5.74) is 7.75. The lowest BCUT2D eigenvalue weighted by molar-refractivity contribution is 0.963. The van der Waals surface area contributed by atoms with Gasteiger partial charge in [0.1, 0.15) is 0 Å². The monoisotopic (exact) mass is 433 g/mol. The summed E-state index contributed by atoms with van der Waals surface area (Å²) in [6.07, 6.45) is 3.58. The first-order valence-electron chi connectivity index (χ1n) is 9.78. The second-order valence-corrected chi connectivity index (χ2v) is 7.49. The van der Waals surface area contributed by atoms with E-state index in [9.17, 15) is 4.79 Å². The summed E-state index contributed by atoms with van der Waals surface area (Å²) in [5.74, 6) is 0. The SMILES string of the molecule is Cl.[C-]#[N+]c1cccn(-c2cc(NCc3c(C)cccc3C)c3nc(C)c(C)n3c2)c1=O. The molecule has 6 nitrogen and oxygen atoms in total. The third-order valence-corrected chi connectivity index (χ3v) is 5.61. The highest BCUT2D eigenvalue weighted by atomic mass is 35.5. The fraction of sp³-hybridized carbons (Fsp3) is 0.208. The van der Waals surface area contributed by atoms with Gasteiger partial charge in [-0.1, -0.05) is 24.3 Å². The van der Waals surface area contributed by atoms with E-state index in [1.807, 2.05) is 30.5 Å². The number of imidazole rings is 1. The molecule has 7 heteroatoms. The summed E-state index contributed by atoms with van der Waals surface area (Å²) >= 11 is 0. The molecule has 158 valence electrons. The highest BCUT2D eigenvalue weighted by molar-refractivity contribution is 5.85. The third-order valence-electron chi connectivity index (χ3n) is 5.61. The molecule has 0 aliphatic rings. The molecular formula is C24H24ClN5O. The zero-order valence-electron chi connectivity index (χ0n) is 17.9. The van der Waals surface area contributed by atoms with Gasteiger partial charge in [-0.05, 0) is 56.5 Å². The third kappa shape index (κ3) is 3.92. The van der Waals surface area contributed by atoms with E-state index in [-0.39, 0.29) is 23.7 Å². The highest BCUT2D eigenvalue weighted by Crippen LogP contribution is 2.25. The van der Waals surface area contributed by atoms with Crippen molar-refractivity contribution in [1.82, 2.24) is 14.0 Å². The fourth-order valence-corrected chi connectivity index (χ4v) is 3.70. The summed E-state index contributed by atoms with van der Waals surface area (Å²) in [6.45, 7) is 16.1. The molecule has 0 aliphatic carbocycles. The molecule has 0 unspecified atom stereocenters. The second kappa shape index (κ2) is 8.66. The van der Waals surface area contributed by atoms with Gasteiger partial charge in [0, 0.05) is 24.6 Å². The minimum Gasteiger partial charge on any atom is -0.378 e. The van der Waals surface area contributed by atoms with Crippen LogP contribution in [0.3, 0.4) is 0 Å². The maximum atomic E-state index is 12.7. The maximum Gasteiger partial charge on any atom is 0.261 e. The standard InChI is InChI=1S/C24H23N5O.ClH/c1-15-8-6-9-16(2)20(15)13-26-22-12-19(14-29-18(4)17(3)27-23(22)29)28-11-7-10-21(25-5)24(28)30;/h6-12,14,26H,13H2,1-4H3;1H. The number of hydrogen-bond acceptors (Lipinski definition) is 3. The van der Waals surface area contributed by atoms with Crippen molar-refractivity contribution in [3.8, 4) is 5.69 Å². The lowest BCUT2D eigenvalue weighted by Gasteiger charge is -2.15. The zero-order chi connectivity index (χ0) is 21.4. The molecule has 4 rings (SSSR count). The van der Waals surface area contributed by atoms with Gasteiger partial charge in [0.05, 0.1) is 23.6 Å². The molecule has 0 saturated heterocycles. The van der Waals surface area contributed by atoms with Crippen LogP contribution in [0.15, 0.2) is 53.6 Å². The number of hydrogen-bond donors (Lipinski definition) is 1. The number of halogens is 1. The quantitative estimate of drug-likeness (QED) is 0.444. The van der Waals surface area contributed by atoms with Crippen LogP contribution in [0.5, 0.6) is 0 Å². The predicted octanol–water partition coefficient (Wildman–Crippen LogP) is 5.30. The Balaban J connectivity index is 0.00000272. The Kier molecular flexibility index (Phi) is 6.19. The van der Waals surface area contributed by atoms with Crippen molar-refractivity contribution in [2.45, 2.75) is 34.2 Å². The maximum absolute atomic E-state index is 12.7. The Morgan fingerprint density at radius 2 is 1.81 bits per heavy atom. The number of anilines is 1. The van der Waals surface area contributed by atoms with Crippen LogP contribution in [0.1, 0.15) is 28.1 Å². The summed E-state index contributed by atoms with van der Waals surface area (Å²) in [4.78, 5) is 20.8. The van der Waals surface area contributed by atoms with Crippen LogP contribution < -0.4 is 10.9 Å². The Hall–Kier alpha value is -3.56. The number of fused-ring (bicyclic) bond motifs is 1. The van der Waals surface area contributed by atoms with Gasteiger partial charge in [0.25, 0.3) is 11.2 Å². The van der Waals surface area contributed by atoms with Crippen LogP contribution in [-0.2, 0) is 6.54 Å². The van der Waals surface area contributed by atoms with Gasteiger partial charge in [-0.2, -0.15) is 0 Å². The van der Waals surface area contributed by atoms with Crippen LogP contribution in [0.25, 0.3) is 16.2 Å². The summed E-state index contributed by atoms with van der Waals surface area (Å²) in [5, 5.41) is 3.53. The van der Waals surface area contributed by atoms with Crippen molar-refractivity contribution in [1.29, 1.82) is 0 Å². The van der Waals surface area contributed by atoms with E-state index in [1.54, 1.807) is 12.3 Å². The molecule has 0 atom stereocenters. The van der Waals surface area contributed by atoms with Gasteiger partial charge in [-0.3, -0.25) is 9.36 Å². The van der Waals surface area contributed by atoms with Gasteiger partial charge in [0.2, 0.25) is 0 Å². The summed E-state index contributed by atoms with van der Waals surface area (Å²) in [7, 11) is 0. The Morgan fingerprint density at radius 1 is 1.10 bits per heavy atom. The zero-order valence-corrected chi connectivity index (χ0v) is 18.7. The van der Waals surface area contributed by atoms with Crippen molar-refractivity contribution < 1.29 is 0 Å². The molecule has 0 bridgehead atoms. The molecule has 0 aliphatic heterocycles. The molecule has 0 radical (unpaired) electrons. The van der Waals surface area contributed by atoms with Crippen LogP contribution >= 0.6 is 12.4 Å². The summed E-state index contributed by atoms with van der Waals surface area (Å²) in [6, 6.07) is 11.4. The number of aromatic nitrogens is 3. The topological polar surface area (TPSA) is 55.7 Å². The van der Waals surface area contributed by atoms with Gasteiger partial charge < -0.3 is 9.72 Å². The van der Waals surface area contributed by atoms with Crippen molar-refractivity contribution in [3.05, 3.63) is 98.6 Å². The average Bonchev–Trinajstić information content (AvgIpc) is 3.02. The van der Waals surface area contributed by atoms with Crippen LogP contribution in [0, 0.1) is 34.3 Å². The van der Waals surface area contributed by atoms with Gasteiger partial charge in [-0.25, -0.2) is 9.83 Å². The Bertz CT molecular complexity index is 1360. The smallest absolute Gasteiger partial charge is 0.261 e. The normalized spacial score (nSPS) is 10.5. The first-order valence-corrected chi connectivity index (χ1v) is 9.78. The van der Waals surface area contributed by atoms with E-state index in [0.29, 0.717) is 12.2 Å². The van der Waals surface area contributed by atoms with E-state index in [4.69, 9.17) is 11.6 Å². The van der Waals surface area contributed by atoms with Crippen molar-refractivity contribution >= 4 is 29.4 Å². The molecule has 0 amide bonds. The minimum atomic E-state index is -0.331. The first kappa shape index (κ1) is 22.1. The molecule has 3 aromatic heterocycles. The molecule has 1 aromatic carbocycles. The Morgan fingerprint density at radius 3 is 2.48 bits per heavy atom. The van der Waals surface area contributed by atoms with Gasteiger partial charge in [0.15, 0.2) is 5.65 Å². The second-order valence-electron chi connectivity index (χ2n) is 7.49. The van der Waals surface area contributed by atoms with Crippen molar-refractivity contribution in [2.24, 2.45) is 0 Å². The average molecular weight is 434 g/mol. The fourth-order valence-electron chi connectivity index (χ4n) is 3.70. The van der Waals surface area contributed by atoms with Crippen molar-refractivity contribution in [2.75, 3.05) is 5.32 Å². The number of nitrogens with one attached hydrogen (secondary N) is 1. The lowest BCUT2D eigenvalue weighted by Crippen LogP contribution is -2.17. The number of nitrogens with zero attached hydrogens (tertiary/aromatic N) is 4. The van der Waals surface area contributed by atoms with E-state index >= 15 is 0 Å². The molecule has 3 heterocycles. The van der Waals surface area contributed by atoms with E-state index in [1.165, 1.54) is 27.3 Å². The van der Waals surface area contributed by atoms with Crippen LogP contribution in [-0.4, -0.2) is 14.0 Å². The van der Waals surface area contributed by atoms with Crippen LogP contribution in [0.4, 0.5) is 11.4 Å². The molecule has 31 heavy (non-hydrogen) atoms. The van der Waals surface area contributed by atoms with Gasteiger partial charge in [-0.15, -0.1) is 12.4 Å². The van der Waals surface area contributed by atoms with Crippen molar-refractivity contribution in [3.63, 3.8) is 0 Å². The van der Waals surface area contributed by atoms with E-state index in [0.717, 1.165) is 22.7 Å². The first-order chi connectivity index (χ1) is 14.4. The highest BCUT2D eigenvalue weighted by Gasteiger charge is 2.14.